The molecule has 0 bridgehead atoms. The summed E-state index contributed by atoms with van der Waals surface area (Å²) in [5, 5.41) is 3.26. The molecule has 1 heterocycles. The average Bonchev–Trinajstić information content (AvgIpc) is 2.32. The summed E-state index contributed by atoms with van der Waals surface area (Å²) in [4.78, 5) is 4.05. The van der Waals surface area contributed by atoms with Crippen LogP contribution >= 0.6 is 11.6 Å². The normalized spacial score (nSPS) is 10.3. The van der Waals surface area contributed by atoms with Gasteiger partial charge in [-0.1, -0.05) is 11.6 Å². The third kappa shape index (κ3) is 2.94. The van der Waals surface area contributed by atoms with Crippen molar-refractivity contribution in [1.82, 2.24) is 4.98 Å². The first-order valence-electron chi connectivity index (χ1n) is 5.25. The Morgan fingerprint density at radius 2 is 2.18 bits per heavy atom. The van der Waals surface area contributed by atoms with E-state index in [9.17, 15) is 4.39 Å². The number of benzene rings is 1. The molecule has 1 aromatic carbocycles. The Morgan fingerprint density at radius 1 is 1.35 bits per heavy atom. The Morgan fingerprint density at radius 3 is 2.88 bits per heavy atom. The lowest BCUT2D eigenvalue weighted by Gasteiger charge is -2.08. The standard InChI is InChI=1S/C13H12ClFN2/c1-9-4-5-16-7-10(9)8-17-11-2-3-12(14)13(15)6-11/h2-7,17H,8H2,1H3. The Labute approximate surface area is 104 Å². The number of anilines is 1. The Bertz CT molecular complexity index is 529. The number of aromatic nitrogens is 1. The smallest absolute Gasteiger partial charge is 0.143 e. The van der Waals surface area contributed by atoms with Crippen molar-refractivity contribution in [2.45, 2.75) is 13.5 Å². The highest BCUT2D eigenvalue weighted by atomic mass is 35.5. The lowest BCUT2D eigenvalue weighted by molar-refractivity contribution is 0.628. The van der Waals surface area contributed by atoms with Crippen molar-refractivity contribution in [2.24, 2.45) is 0 Å². The second-order valence-corrected chi connectivity index (χ2v) is 4.19. The van der Waals surface area contributed by atoms with Gasteiger partial charge < -0.3 is 5.32 Å². The Kier molecular flexibility index (Phi) is 3.59. The van der Waals surface area contributed by atoms with Crippen LogP contribution in [0.15, 0.2) is 36.7 Å². The molecular formula is C13H12ClFN2. The van der Waals surface area contributed by atoms with E-state index in [4.69, 9.17) is 11.6 Å². The van der Waals surface area contributed by atoms with E-state index in [2.05, 4.69) is 10.3 Å². The molecule has 2 rings (SSSR count). The molecule has 0 saturated carbocycles. The topological polar surface area (TPSA) is 24.9 Å². The van der Waals surface area contributed by atoms with Crippen molar-refractivity contribution in [3.8, 4) is 0 Å². The van der Waals surface area contributed by atoms with Gasteiger partial charge in [0, 0.05) is 24.6 Å². The summed E-state index contributed by atoms with van der Waals surface area (Å²) in [6, 6.07) is 6.61. The molecule has 0 spiro atoms. The first-order chi connectivity index (χ1) is 8.16. The van der Waals surface area contributed by atoms with Crippen molar-refractivity contribution in [2.75, 3.05) is 5.32 Å². The molecule has 88 valence electrons. The molecule has 0 unspecified atom stereocenters. The number of nitrogens with zero attached hydrogens (tertiary/aromatic N) is 1. The molecule has 0 atom stereocenters. The summed E-state index contributed by atoms with van der Waals surface area (Å²) in [7, 11) is 0. The van der Waals surface area contributed by atoms with Crippen LogP contribution in [0.2, 0.25) is 5.02 Å². The molecule has 2 nitrogen and oxygen atoms in total. The summed E-state index contributed by atoms with van der Waals surface area (Å²) < 4.78 is 13.2. The largest absolute Gasteiger partial charge is 0.381 e. The number of hydrogen-bond donors (Lipinski definition) is 1. The van der Waals surface area contributed by atoms with E-state index in [1.807, 2.05) is 13.0 Å². The van der Waals surface area contributed by atoms with Gasteiger partial charge in [-0.2, -0.15) is 0 Å². The van der Waals surface area contributed by atoms with Crippen LogP contribution in [0.25, 0.3) is 0 Å². The van der Waals surface area contributed by atoms with Gasteiger partial charge in [0.15, 0.2) is 0 Å². The van der Waals surface area contributed by atoms with Gasteiger partial charge in [0.05, 0.1) is 5.02 Å². The van der Waals surface area contributed by atoms with Crippen LogP contribution in [0.5, 0.6) is 0 Å². The highest BCUT2D eigenvalue weighted by Gasteiger charge is 2.02. The van der Waals surface area contributed by atoms with E-state index >= 15 is 0 Å². The fraction of sp³-hybridized carbons (Fsp3) is 0.154. The number of nitrogens with one attached hydrogen (secondary N) is 1. The van der Waals surface area contributed by atoms with E-state index in [0.29, 0.717) is 12.2 Å². The molecule has 2 aromatic rings. The molecular weight excluding hydrogens is 239 g/mol. The zero-order valence-electron chi connectivity index (χ0n) is 9.37. The molecule has 4 heteroatoms. The number of halogens is 2. The van der Waals surface area contributed by atoms with Gasteiger partial charge in [-0.25, -0.2) is 4.39 Å². The second-order valence-electron chi connectivity index (χ2n) is 3.78. The quantitative estimate of drug-likeness (QED) is 0.896. The first kappa shape index (κ1) is 11.9. The minimum absolute atomic E-state index is 0.133. The van der Waals surface area contributed by atoms with Crippen LogP contribution in [0, 0.1) is 12.7 Å². The maximum atomic E-state index is 13.2. The lowest BCUT2D eigenvalue weighted by atomic mass is 10.1. The van der Waals surface area contributed by atoms with Gasteiger partial charge in [-0.15, -0.1) is 0 Å². The van der Waals surface area contributed by atoms with Crippen LogP contribution in [-0.4, -0.2) is 4.98 Å². The number of rotatable bonds is 3. The molecule has 0 aliphatic rings. The summed E-state index contributed by atoms with van der Waals surface area (Å²) in [5.41, 5.74) is 2.94. The van der Waals surface area contributed by atoms with Crippen LogP contribution < -0.4 is 5.32 Å². The molecule has 0 amide bonds. The van der Waals surface area contributed by atoms with E-state index in [-0.39, 0.29) is 5.02 Å². The van der Waals surface area contributed by atoms with Gasteiger partial charge in [0.1, 0.15) is 5.82 Å². The average molecular weight is 251 g/mol. The molecule has 0 radical (unpaired) electrons. The van der Waals surface area contributed by atoms with Crippen LogP contribution in [-0.2, 0) is 6.54 Å². The summed E-state index contributed by atoms with van der Waals surface area (Å²) >= 11 is 5.61. The zero-order valence-corrected chi connectivity index (χ0v) is 10.1. The zero-order chi connectivity index (χ0) is 12.3. The van der Waals surface area contributed by atoms with E-state index in [1.165, 1.54) is 12.1 Å². The Hall–Kier alpha value is -1.61. The molecule has 0 fully saturated rings. The van der Waals surface area contributed by atoms with Gasteiger partial charge in [-0.05, 0) is 42.3 Å². The number of pyridine rings is 1. The van der Waals surface area contributed by atoms with E-state index in [0.717, 1.165) is 11.1 Å². The predicted octanol–water partition coefficient (Wildman–Crippen LogP) is 3.79. The molecule has 0 aliphatic heterocycles. The molecule has 17 heavy (non-hydrogen) atoms. The minimum atomic E-state index is -0.417. The third-order valence-corrected chi connectivity index (χ3v) is 2.86. The lowest BCUT2D eigenvalue weighted by Crippen LogP contribution is -2.02. The van der Waals surface area contributed by atoms with E-state index in [1.54, 1.807) is 18.5 Å². The van der Waals surface area contributed by atoms with Crippen molar-refractivity contribution in [1.29, 1.82) is 0 Å². The molecule has 1 N–H and O–H groups in total. The van der Waals surface area contributed by atoms with Crippen molar-refractivity contribution in [3.63, 3.8) is 0 Å². The maximum absolute atomic E-state index is 13.2. The van der Waals surface area contributed by atoms with Gasteiger partial charge in [0.2, 0.25) is 0 Å². The minimum Gasteiger partial charge on any atom is -0.381 e. The Balaban J connectivity index is 2.08. The third-order valence-electron chi connectivity index (χ3n) is 2.55. The van der Waals surface area contributed by atoms with Crippen LogP contribution in [0.3, 0.4) is 0 Å². The number of aryl methyl sites for hydroxylation is 1. The molecule has 1 aromatic heterocycles. The van der Waals surface area contributed by atoms with Crippen molar-refractivity contribution < 1.29 is 4.39 Å². The van der Waals surface area contributed by atoms with Gasteiger partial charge >= 0.3 is 0 Å². The summed E-state index contributed by atoms with van der Waals surface area (Å²) in [6.45, 7) is 2.63. The highest BCUT2D eigenvalue weighted by Crippen LogP contribution is 2.19. The maximum Gasteiger partial charge on any atom is 0.143 e. The second kappa shape index (κ2) is 5.15. The fourth-order valence-corrected chi connectivity index (χ4v) is 1.60. The van der Waals surface area contributed by atoms with Crippen molar-refractivity contribution >= 4 is 17.3 Å². The van der Waals surface area contributed by atoms with Crippen LogP contribution in [0.4, 0.5) is 10.1 Å². The monoisotopic (exact) mass is 250 g/mol. The SMILES string of the molecule is Cc1ccncc1CNc1ccc(Cl)c(F)c1. The fourth-order valence-electron chi connectivity index (χ4n) is 1.49. The predicted molar refractivity (Wildman–Crippen MR) is 67.7 cm³/mol. The summed E-state index contributed by atoms with van der Waals surface area (Å²) in [6.07, 6.45) is 3.55. The van der Waals surface area contributed by atoms with Gasteiger partial charge in [-0.3, -0.25) is 4.98 Å². The van der Waals surface area contributed by atoms with Crippen LogP contribution in [0.1, 0.15) is 11.1 Å². The first-order valence-corrected chi connectivity index (χ1v) is 5.63. The van der Waals surface area contributed by atoms with Crippen molar-refractivity contribution in [3.05, 3.63) is 58.6 Å². The summed E-state index contributed by atoms with van der Waals surface area (Å²) in [5.74, 6) is -0.417. The molecule has 0 saturated heterocycles. The molecule has 0 aliphatic carbocycles. The van der Waals surface area contributed by atoms with E-state index < -0.39 is 5.82 Å². The van der Waals surface area contributed by atoms with Gasteiger partial charge in [0.25, 0.3) is 0 Å². The highest BCUT2D eigenvalue weighted by molar-refractivity contribution is 6.30. The number of hydrogen-bond acceptors (Lipinski definition) is 2.